The first kappa shape index (κ1) is 18.5. The number of rotatable bonds is 6. The van der Waals surface area contributed by atoms with E-state index in [0.717, 1.165) is 42.8 Å². The molecule has 1 aliphatic carbocycles. The van der Waals surface area contributed by atoms with E-state index in [1.165, 1.54) is 6.07 Å². The van der Waals surface area contributed by atoms with Gasteiger partial charge in [0, 0.05) is 17.8 Å². The predicted octanol–water partition coefficient (Wildman–Crippen LogP) is 4.43. The van der Waals surface area contributed by atoms with Crippen molar-refractivity contribution in [2.24, 2.45) is 0 Å². The van der Waals surface area contributed by atoms with Gasteiger partial charge in [0.15, 0.2) is 11.0 Å². The van der Waals surface area contributed by atoms with Crippen LogP contribution in [0.15, 0.2) is 47.6 Å². The van der Waals surface area contributed by atoms with Gasteiger partial charge in [0.2, 0.25) is 5.91 Å². The summed E-state index contributed by atoms with van der Waals surface area (Å²) in [4.78, 5) is 12.1. The molecular weight excluding hydrogens is 389 g/mol. The number of carbonyl (C=O) groups is 1. The summed E-state index contributed by atoms with van der Waals surface area (Å²) >= 11 is 1.14. The summed E-state index contributed by atoms with van der Waals surface area (Å²) in [5.41, 5.74) is 0.396. The normalized spacial score (nSPS) is 13.5. The lowest BCUT2D eigenvalue weighted by Gasteiger charge is -2.09. The molecule has 0 atom stereocenters. The van der Waals surface area contributed by atoms with Crippen molar-refractivity contribution < 1.29 is 18.0 Å². The molecule has 0 aliphatic heterocycles. The van der Waals surface area contributed by atoms with E-state index in [1.54, 1.807) is 18.2 Å². The third kappa shape index (κ3) is 4.04. The van der Waals surface area contributed by atoms with Gasteiger partial charge in [-0.1, -0.05) is 23.9 Å². The number of halogens is 3. The zero-order valence-corrected chi connectivity index (χ0v) is 15.3. The summed E-state index contributed by atoms with van der Waals surface area (Å²) in [6.45, 7) is 0. The maximum Gasteiger partial charge on any atom is 0.234 e. The number of benzene rings is 2. The number of amides is 1. The first-order valence-corrected chi connectivity index (χ1v) is 9.58. The molecule has 1 amide bonds. The summed E-state index contributed by atoms with van der Waals surface area (Å²) < 4.78 is 42.5. The minimum absolute atomic E-state index is 0.0275. The Balaban J connectivity index is 1.49. The van der Waals surface area contributed by atoms with Gasteiger partial charge in [-0.15, -0.1) is 10.2 Å². The van der Waals surface area contributed by atoms with Gasteiger partial charge >= 0.3 is 0 Å². The monoisotopic (exact) mass is 404 g/mol. The highest BCUT2D eigenvalue weighted by molar-refractivity contribution is 7.99. The van der Waals surface area contributed by atoms with Gasteiger partial charge in [-0.2, -0.15) is 0 Å². The molecule has 1 fully saturated rings. The van der Waals surface area contributed by atoms with E-state index in [-0.39, 0.29) is 23.3 Å². The van der Waals surface area contributed by atoms with Gasteiger partial charge in [-0.25, -0.2) is 13.2 Å². The largest absolute Gasteiger partial charge is 0.325 e. The lowest BCUT2D eigenvalue weighted by Crippen LogP contribution is -2.15. The summed E-state index contributed by atoms with van der Waals surface area (Å²) in [5, 5.41) is 11.2. The molecule has 2 aromatic carbocycles. The molecular formula is C19H15F3N4OS. The molecule has 1 aromatic heterocycles. The molecule has 144 valence electrons. The van der Waals surface area contributed by atoms with Gasteiger partial charge in [-0.05, 0) is 37.1 Å². The molecule has 0 spiro atoms. The maximum absolute atomic E-state index is 14.2. The zero-order chi connectivity index (χ0) is 19.7. The summed E-state index contributed by atoms with van der Waals surface area (Å²) in [7, 11) is 0. The number of carbonyl (C=O) groups excluding carboxylic acids is 1. The molecule has 28 heavy (non-hydrogen) atoms. The van der Waals surface area contributed by atoms with Crippen LogP contribution in [0.3, 0.4) is 0 Å². The molecule has 0 saturated heterocycles. The molecule has 5 nitrogen and oxygen atoms in total. The van der Waals surface area contributed by atoms with Crippen molar-refractivity contribution in [3.05, 3.63) is 59.9 Å². The Labute approximate surface area is 163 Å². The van der Waals surface area contributed by atoms with E-state index in [4.69, 9.17) is 0 Å². The van der Waals surface area contributed by atoms with Crippen molar-refractivity contribution >= 4 is 23.4 Å². The van der Waals surface area contributed by atoms with Crippen molar-refractivity contribution in [3.63, 3.8) is 0 Å². The van der Waals surface area contributed by atoms with Gasteiger partial charge in [-0.3, -0.25) is 9.36 Å². The van der Waals surface area contributed by atoms with Crippen LogP contribution in [-0.4, -0.2) is 26.4 Å². The van der Waals surface area contributed by atoms with Crippen LogP contribution < -0.4 is 5.32 Å². The molecule has 0 bridgehead atoms. The molecule has 9 heteroatoms. The molecule has 3 aromatic rings. The Bertz CT molecular complexity index is 1020. The number of hydrogen-bond donors (Lipinski definition) is 1. The highest BCUT2D eigenvalue weighted by Crippen LogP contribution is 2.41. The van der Waals surface area contributed by atoms with Crippen LogP contribution >= 0.6 is 11.8 Å². The quantitative estimate of drug-likeness (QED) is 0.618. The molecule has 0 unspecified atom stereocenters. The number of aromatic nitrogens is 3. The van der Waals surface area contributed by atoms with E-state index >= 15 is 0 Å². The standard InChI is InChI=1S/C19H15F3N4OS/c20-11-7-12(21)9-13(8-11)23-17(27)10-28-19-25-24-18(26(19)14-5-6-14)15-3-1-2-4-16(15)22/h1-4,7-9,14H,5-6,10H2,(H,23,27). The molecule has 1 N–H and O–H groups in total. The van der Waals surface area contributed by atoms with E-state index in [9.17, 15) is 18.0 Å². The van der Waals surface area contributed by atoms with E-state index in [1.807, 2.05) is 4.57 Å². The van der Waals surface area contributed by atoms with Gasteiger partial charge in [0.1, 0.15) is 17.5 Å². The van der Waals surface area contributed by atoms with Crippen molar-refractivity contribution in [3.8, 4) is 11.4 Å². The molecule has 1 saturated carbocycles. The fraction of sp³-hybridized carbons (Fsp3) is 0.211. The van der Waals surface area contributed by atoms with Crippen LogP contribution in [0.4, 0.5) is 18.9 Å². The maximum atomic E-state index is 14.2. The lowest BCUT2D eigenvalue weighted by molar-refractivity contribution is -0.113. The average Bonchev–Trinajstić information content (AvgIpc) is 3.39. The third-order valence-corrected chi connectivity index (χ3v) is 5.11. The van der Waals surface area contributed by atoms with Gasteiger partial charge in [0.25, 0.3) is 0 Å². The smallest absolute Gasteiger partial charge is 0.234 e. The Morgan fingerprint density at radius 2 is 1.82 bits per heavy atom. The van der Waals surface area contributed by atoms with Crippen LogP contribution in [-0.2, 0) is 4.79 Å². The SMILES string of the molecule is O=C(CSc1nnc(-c2ccccc2F)n1C1CC1)Nc1cc(F)cc(F)c1. The van der Waals surface area contributed by atoms with Gasteiger partial charge in [0.05, 0.1) is 11.3 Å². The molecule has 1 aliphatic rings. The fourth-order valence-corrected chi connectivity index (χ4v) is 3.62. The van der Waals surface area contributed by atoms with E-state index < -0.39 is 17.5 Å². The zero-order valence-electron chi connectivity index (χ0n) is 14.5. The van der Waals surface area contributed by atoms with Crippen LogP contribution in [0.25, 0.3) is 11.4 Å². The van der Waals surface area contributed by atoms with Crippen molar-refractivity contribution in [1.82, 2.24) is 14.8 Å². The number of thioether (sulfide) groups is 1. The highest BCUT2D eigenvalue weighted by Gasteiger charge is 2.31. The van der Waals surface area contributed by atoms with Crippen molar-refractivity contribution in [2.75, 3.05) is 11.1 Å². The number of hydrogen-bond acceptors (Lipinski definition) is 4. The second-order valence-electron chi connectivity index (χ2n) is 6.38. The van der Waals surface area contributed by atoms with Crippen molar-refractivity contribution in [2.45, 2.75) is 24.0 Å². The summed E-state index contributed by atoms with van der Waals surface area (Å²) in [6.07, 6.45) is 1.86. The van der Waals surface area contributed by atoms with E-state index in [0.29, 0.717) is 16.5 Å². The fourth-order valence-electron chi connectivity index (χ4n) is 2.82. The summed E-state index contributed by atoms with van der Waals surface area (Å²) in [5.74, 6) is -1.97. The highest BCUT2D eigenvalue weighted by atomic mass is 32.2. The number of nitrogens with zero attached hydrogens (tertiary/aromatic N) is 3. The molecule has 4 rings (SSSR count). The van der Waals surface area contributed by atoms with Crippen LogP contribution in [0.2, 0.25) is 0 Å². The van der Waals surface area contributed by atoms with E-state index in [2.05, 4.69) is 15.5 Å². The van der Waals surface area contributed by atoms with Crippen LogP contribution in [0.5, 0.6) is 0 Å². The second kappa shape index (κ2) is 7.67. The van der Waals surface area contributed by atoms with Crippen LogP contribution in [0.1, 0.15) is 18.9 Å². The third-order valence-electron chi connectivity index (χ3n) is 4.17. The van der Waals surface area contributed by atoms with Crippen LogP contribution in [0, 0.1) is 17.5 Å². The number of nitrogens with one attached hydrogen (secondary N) is 1. The first-order chi connectivity index (χ1) is 13.5. The second-order valence-corrected chi connectivity index (χ2v) is 7.32. The summed E-state index contributed by atoms with van der Waals surface area (Å²) in [6, 6.07) is 9.30. The Hall–Kier alpha value is -2.81. The first-order valence-electron chi connectivity index (χ1n) is 8.60. The number of anilines is 1. The Morgan fingerprint density at radius 3 is 2.50 bits per heavy atom. The average molecular weight is 404 g/mol. The minimum atomic E-state index is -0.772. The minimum Gasteiger partial charge on any atom is -0.325 e. The lowest BCUT2D eigenvalue weighted by atomic mass is 10.2. The van der Waals surface area contributed by atoms with Crippen molar-refractivity contribution in [1.29, 1.82) is 0 Å². The Morgan fingerprint density at radius 1 is 1.11 bits per heavy atom. The molecule has 1 heterocycles. The topological polar surface area (TPSA) is 59.8 Å². The van der Waals surface area contributed by atoms with Gasteiger partial charge < -0.3 is 5.32 Å². The molecule has 0 radical (unpaired) electrons. The Kier molecular flexibility index (Phi) is 5.08. The predicted molar refractivity (Wildman–Crippen MR) is 99.4 cm³/mol.